The number of imide groups is 1. The number of rotatable bonds is 3. The van der Waals surface area contributed by atoms with E-state index in [1.54, 1.807) is 36.4 Å². The molecule has 2 aromatic rings. The molecule has 2 aliphatic rings. The summed E-state index contributed by atoms with van der Waals surface area (Å²) in [5.41, 5.74) is 1.81. The van der Waals surface area contributed by atoms with Gasteiger partial charge in [0.2, 0.25) is 11.8 Å². The van der Waals surface area contributed by atoms with E-state index in [0.717, 1.165) is 24.8 Å². The molecule has 1 saturated heterocycles. The molecule has 1 heterocycles. The fourth-order valence-electron chi connectivity index (χ4n) is 4.20. The summed E-state index contributed by atoms with van der Waals surface area (Å²) in [4.78, 5) is 39.7. The zero-order valence-corrected chi connectivity index (χ0v) is 16.1. The third kappa shape index (κ3) is 3.21. The zero-order valence-electron chi connectivity index (χ0n) is 16.1. The van der Waals surface area contributed by atoms with E-state index < -0.39 is 5.97 Å². The van der Waals surface area contributed by atoms with Crippen molar-refractivity contribution in [3.05, 3.63) is 59.7 Å². The van der Waals surface area contributed by atoms with Crippen molar-refractivity contribution in [1.29, 1.82) is 0 Å². The first-order valence-electron chi connectivity index (χ1n) is 9.71. The molecule has 0 spiro atoms. The van der Waals surface area contributed by atoms with Crippen LogP contribution < -0.4 is 9.64 Å². The van der Waals surface area contributed by atoms with Crippen LogP contribution in [0.5, 0.6) is 5.75 Å². The average Bonchev–Trinajstić information content (AvgIpc) is 2.93. The monoisotopic (exact) mass is 377 g/mol. The molecule has 0 radical (unpaired) electrons. The van der Waals surface area contributed by atoms with Crippen LogP contribution in [0.2, 0.25) is 0 Å². The van der Waals surface area contributed by atoms with Gasteiger partial charge in [0, 0.05) is 0 Å². The predicted molar refractivity (Wildman–Crippen MR) is 105 cm³/mol. The second-order valence-electron chi connectivity index (χ2n) is 7.87. The second kappa shape index (κ2) is 7.23. The van der Waals surface area contributed by atoms with Gasteiger partial charge >= 0.3 is 5.97 Å². The summed E-state index contributed by atoms with van der Waals surface area (Å²) in [5, 5.41) is 0. The van der Waals surface area contributed by atoms with E-state index in [1.807, 2.05) is 19.1 Å². The van der Waals surface area contributed by atoms with Crippen LogP contribution in [0.1, 0.15) is 42.1 Å². The number of hydrogen-bond donors (Lipinski definition) is 0. The van der Waals surface area contributed by atoms with Crippen LogP contribution in [0.15, 0.2) is 48.5 Å². The molecule has 0 aromatic heterocycles. The molecule has 144 valence electrons. The third-order valence-corrected chi connectivity index (χ3v) is 5.78. The Balaban J connectivity index is 1.63. The van der Waals surface area contributed by atoms with Crippen molar-refractivity contribution in [1.82, 2.24) is 0 Å². The largest absolute Gasteiger partial charge is 0.421 e. The number of fused-ring (bicyclic) bond motifs is 1. The van der Waals surface area contributed by atoms with Crippen molar-refractivity contribution in [3.63, 3.8) is 0 Å². The number of nitrogens with zero attached hydrogens (tertiary/aromatic N) is 1. The van der Waals surface area contributed by atoms with Gasteiger partial charge in [0.05, 0.1) is 23.1 Å². The fourth-order valence-corrected chi connectivity index (χ4v) is 4.20. The van der Waals surface area contributed by atoms with Crippen molar-refractivity contribution in [2.24, 2.45) is 17.8 Å². The van der Waals surface area contributed by atoms with E-state index in [9.17, 15) is 14.4 Å². The SMILES string of the molecule is Cc1ccc(C(=O)Oc2ccccc2N2C(=O)[C@H]3CC[C@H](C)C[C@@H]3C2=O)cc1. The summed E-state index contributed by atoms with van der Waals surface area (Å²) < 4.78 is 5.57. The van der Waals surface area contributed by atoms with Crippen molar-refractivity contribution < 1.29 is 19.1 Å². The lowest BCUT2D eigenvalue weighted by atomic mass is 9.76. The minimum absolute atomic E-state index is 0.180. The highest BCUT2D eigenvalue weighted by molar-refractivity contribution is 6.22. The first-order chi connectivity index (χ1) is 13.5. The Morgan fingerprint density at radius 3 is 2.39 bits per heavy atom. The summed E-state index contributed by atoms with van der Waals surface area (Å²) in [7, 11) is 0. The summed E-state index contributed by atoms with van der Waals surface area (Å²) in [6.07, 6.45) is 2.42. The molecule has 4 rings (SSSR count). The van der Waals surface area contributed by atoms with Gasteiger partial charge in [-0.15, -0.1) is 0 Å². The highest BCUT2D eigenvalue weighted by Gasteiger charge is 2.50. The molecule has 1 aliphatic carbocycles. The van der Waals surface area contributed by atoms with Crippen molar-refractivity contribution >= 4 is 23.5 Å². The molecule has 2 amide bonds. The van der Waals surface area contributed by atoms with Gasteiger partial charge in [-0.3, -0.25) is 9.59 Å². The van der Waals surface area contributed by atoms with Gasteiger partial charge in [0.25, 0.3) is 0 Å². The highest BCUT2D eigenvalue weighted by atomic mass is 16.5. The van der Waals surface area contributed by atoms with Crippen LogP contribution in [-0.2, 0) is 9.59 Å². The molecule has 0 unspecified atom stereocenters. The van der Waals surface area contributed by atoms with Crippen molar-refractivity contribution in [2.75, 3.05) is 4.90 Å². The number of amides is 2. The van der Waals surface area contributed by atoms with E-state index in [0.29, 0.717) is 17.2 Å². The Morgan fingerprint density at radius 2 is 1.64 bits per heavy atom. The minimum atomic E-state index is -0.516. The number of benzene rings is 2. The summed E-state index contributed by atoms with van der Waals surface area (Å²) in [5.74, 6) is -0.741. The van der Waals surface area contributed by atoms with E-state index >= 15 is 0 Å². The molecule has 5 nitrogen and oxygen atoms in total. The molecular formula is C23H23NO4. The second-order valence-corrected chi connectivity index (χ2v) is 7.87. The molecule has 5 heteroatoms. The number of carbonyl (C=O) groups is 3. The van der Waals surface area contributed by atoms with Crippen LogP contribution >= 0.6 is 0 Å². The third-order valence-electron chi connectivity index (χ3n) is 5.78. The Labute approximate surface area is 164 Å². The van der Waals surface area contributed by atoms with Gasteiger partial charge < -0.3 is 4.74 Å². The van der Waals surface area contributed by atoms with Crippen LogP contribution in [0.4, 0.5) is 5.69 Å². The minimum Gasteiger partial charge on any atom is -0.421 e. The van der Waals surface area contributed by atoms with Crippen LogP contribution in [0.3, 0.4) is 0 Å². The van der Waals surface area contributed by atoms with Crippen LogP contribution in [-0.4, -0.2) is 17.8 Å². The fraction of sp³-hybridized carbons (Fsp3) is 0.348. The molecule has 3 atom stereocenters. The Morgan fingerprint density at radius 1 is 0.964 bits per heavy atom. The van der Waals surface area contributed by atoms with E-state index in [2.05, 4.69) is 6.92 Å². The lowest BCUT2D eigenvalue weighted by Gasteiger charge is -2.25. The number of ether oxygens (including phenoxy) is 1. The maximum atomic E-state index is 13.0. The zero-order chi connectivity index (χ0) is 19.8. The number of esters is 1. The smallest absolute Gasteiger partial charge is 0.343 e. The highest BCUT2D eigenvalue weighted by Crippen LogP contribution is 2.44. The molecule has 2 fully saturated rings. The van der Waals surface area contributed by atoms with E-state index in [1.165, 1.54) is 4.90 Å². The first-order valence-corrected chi connectivity index (χ1v) is 9.71. The summed E-state index contributed by atoms with van der Waals surface area (Å²) >= 11 is 0. The average molecular weight is 377 g/mol. The number of para-hydroxylation sites is 2. The van der Waals surface area contributed by atoms with Gasteiger partial charge in [-0.2, -0.15) is 0 Å². The quantitative estimate of drug-likeness (QED) is 0.458. The lowest BCUT2D eigenvalue weighted by Crippen LogP contribution is -2.31. The predicted octanol–water partition coefficient (Wildman–Crippen LogP) is 4.14. The van der Waals surface area contributed by atoms with E-state index in [-0.39, 0.29) is 29.4 Å². The number of hydrogen-bond acceptors (Lipinski definition) is 4. The Hall–Kier alpha value is -2.95. The van der Waals surface area contributed by atoms with Crippen molar-refractivity contribution in [3.8, 4) is 5.75 Å². The molecule has 1 saturated carbocycles. The Kier molecular flexibility index (Phi) is 4.75. The number of carbonyl (C=O) groups excluding carboxylic acids is 3. The van der Waals surface area contributed by atoms with Gasteiger partial charge in [0.15, 0.2) is 5.75 Å². The van der Waals surface area contributed by atoms with Gasteiger partial charge in [-0.25, -0.2) is 9.69 Å². The number of anilines is 1. The molecule has 2 aromatic carbocycles. The molecule has 28 heavy (non-hydrogen) atoms. The maximum Gasteiger partial charge on any atom is 0.343 e. The Bertz CT molecular complexity index is 934. The maximum absolute atomic E-state index is 13.0. The molecule has 0 bridgehead atoms. The van der Waals surface area contributed by atoms with Crippen LogP contribution in [0, 0.1) is 24.7 Å². The van der Waals surface area contributed by atoms with Gasteiger partial charge in [-0.05, 0) is 56.4 Å². The number of aryl methyl sites for hydroxylation is 1. The lowest BCUT2D eigenvalue weighted by molar-refractivity contribution is -0.122. The first kappa shape index (κ1) is 18.4. The van der Waals surface area contributed by atoms with Crippen LogP contribution in [0.25, 0.3) is 0 Å². The van der Waals surface area contributed by atoms with Crippen molar-refractivity contribution in [2.45, 2.75) is 33.1 Å². The van der Waals surface area contributed by atoms with Gasteiger partial charge in [0.1, 0.15) is 0 Å². The summed E-state index contributed by atoms with van der Waals surface area (Å²) in [6.45, 7) is 4.06. The topological polar surface area (TPSA) is 63.7 Å². The van der Waals surface area contributed by atoms with Gasteiger partial charge in [-0.1, -0.05) is 36.8 Å². The summed E-state index contributed by atoms with van der Waals surface area (Å²) in [6, 6.07) is 13.8. The standard InChI is InChI=1S/C23H23NO4/c1-14-7-10-16(11-8-14)23(27)28-20-6-4-3-5-19(20)24-21(25)17-12-9-15(2)13-18(17)22(24)26/h3-8,10-11,15,17-18H,9,12-13H2,1-2H3/t15-,17-,18-/m0/s1. The normalized spacial score (nSPS) is 24.2. The van der Waals surface area contributed by atoms with E-state index in [4.69, 9.17) is 4.74 Å². The molecule has 1 aliphatic heterocycles. The molecular weight excluding hydrogens is 354 g/mol. The molecule has 0 N–H and O–H groups in total.